The van der Waals surface area contributed by atoms with Crippen LogP contribution >= 0.6 is 10.7 Å². The highest BCUT2D eigenvalue weighted by molar-refractivity contribution is 8.13. The second-order valence-electron chi connectivity index (χ2n) is 8.75. The number of sulfone groups is 2. The smallest absolute Gasteiger partial charge is 0.273 e. The van der Waals surface area contributed by atoms with Gasteiger partial charge in [0.05, 0.1) is 31.6 Å². The quantitative estimate of drug-likeness (QED) is 0.142. The number of phenols is 1. The second-order valence-corrected chi connectivity index (χ2v) is 15.3. The molecule has 4 aromatic carbocycles. The van der Waals surface area contributed by atoms with E-state index in [-0.39, 0.29) is 42.8 Å². The Hall–Kier alpha value is -4.05. The number of azo groups is 1. The molecule has 214 valence electrons. The van der Waals surface area contributed by atoms with Gasteiger partial charge in [-0.1, -0.05) is 24.3 Å². The molecule has 41 heavy (non-hydrogen) atoms. The number of hydrazine groups is 1. The van der Waals surface area contributed by atoms with E-state index in [1.54, 1.807) is 24.3 Å². The molecule has 16 heteroatoms. The first-order valence-corrected chi connectivity index (χ1v) is 17.5. The van der Waals surface area contributed by atoms with Crippen LogP contribution in [-0.4, -0.2) is 48.8 Å². The Bertz CT molecular complexity index is 2050. The van der Waals surface area contributed by atoms with Crippen molar-refractivity contribution in [2.75, 3.05) is 17.9 Å². The number of benzene rings is 4. The predicted molar refractivity (Wildman–Crippen MR) is 153 cm³/mol. The first kappa shape index (κ1) is 29.9. The minimum atomic E-state index is -3.93. The maximum atomic E-state index is 13.0. The number of aromatic hydroxyl groups is 1. The van der Waals surface area contributed by atoms with E-state index in [2.05, 4.69) is 21.1 Å². The number of nitrogens with zero attached hydrogens (tertiary/aromatic N) is 2. The van der Waals surface area contributed by atoms with Crippen LogP contribution in [0.1, 0.15) is 10.4 Å². The van der Waals surface area contributed by atoms with Gasteiger partial charge < -0.3 is 5.11 Å². The van der Waals surface area contributed by atoms with Gasteiger partial charge in [0.2, 0.25) is 0 Å². The third-order valence-electron chi connectivity index (χ3n) is 5.72. The lowest BCUT2D eigenvalue weighted by Gasteiger charge is -2.12. The first-order valence-electron chi connectivity index (χ1n) is 11.4. The number of fused-ring (bicyclic) bond motifs is 1. The standard InChI is InChI=1S/C25H21ClN4O8S3/c1-39(33,34)17-11-12-21(23(13-17)40(2,35)36)28-29-22-14-20(24(31)19-6-4-3-5-18(19)22)25(32)30-27-15-7-9-16(10-8-15)41(26,37)38/h3-14,27,31H,1-2H3,(H,30,32). The fourth-order valence-electron chi connectivity index (χ4n) is 3.71. The number of amides is 1. The summed E-state index contributed by atoms with van der Waals surface area (Å²) in [6.45, 7) is 0. The Kier molecular flexibility index (Phi) is 8.09. The normalized spacial score (nSPS) is 12.5. The maximum absolute atomic E-state index is 13.0. The van der Waals surface area contributed by atoms with Crippen molar-refractivity contribution in [1.29, 1.82) is 0 Å². The lowest BCUT2D eigenvalue weighted by Crippen LogP contribution is -2.29. The van der Waals surface area contributed by atoms with Crippen LogP contribution in [-0.2, 0) is 28.7 Å². The Labute approximate surface area is 239 Å². The molecule has 4 rings (SSSR count). The summed E-state index contributed by atoms with van der Waals surface area (Å²) in [4.78, 5) is 12.3. The molecule has 0 bridgehead atoms. The van der Waals surface area contributed by atoms with Crippen molar-refractivity contribution < 1.29 is 35.2 Å². The molecule has 0 saturated carbocycles. The predicted octanol–water partition coefficient (Wildman–Crippen LogP) is 4.45. The summed E-state index contributed by atoms with van der Waals surface area (Å²) in [5, 5.41) is 19.6. The highest BCUT2D eigenvalue weighted by atomic mass is 35.7. The molecular weight excluding hydrogens is 616 g/mol. The van der Waals surface area contributed by atoms with Crippen molar-refractivity contribution in [1.82, 2.24) is 5.43 Å². The number of carbonyl (C=O) groups excluding carboxylic acids is 1. The van der Waals surface area contributed by atoms with Crippen molar-refractivity contribution in [3.63, 3.8) is 0 Å². The Balaban J connectivity index is 1.71. The van der Waals surface area contributed by atoms with Crippen LogP contribution < -0.4 is 10.9 Å². The Morgan fingerprint density at radius 3 is 1.93 bits per heavy atom. The van der Waals surface area contributed by atoms with E-state index in [0.717, 1.165) is 18.6 Å². The molecule has 12 nitrogen and oxygen atoms in total. The molecule has 4 aromatic rings. The van der Waals surface area contributed by atoms with Gasteiger partial charge in [-0.3, -0.25) is 15.6 Å². The van der Waals surface area contributed by atoms with E-state index in [0.29, 0.717) is 11.1 Å². The van der Waals surface area contributed by atoms with E-state index >= 15 is 0 Å². The highest BCUT2D eigenvalue weighted by Crippen LogP contribution is 2.37. The number of halogens is 1. The van der Waals surface area contributed by atoms with Crippen LogP contribution in [0.5, 0.6) is 5.75 Å². The molecule has 0 heterocycles. The third-order valence-corrected chi connectivity index (χ3v) is 9.33. The minimum Gasteiger partial charge on any atom is -0.506 e. The fraction of sp³-hybridized carbons (Fsp3) is 0.0800. The van der Waals surface area contributed by atoms with E-state index in [1.807, 2.05) is 0 Å². The van der Waals surface area contributed by atoms with Crippen LogP contribution in [0.4, 0.5) is 17.1 Å². The molecule has 0 unspecified atom stereocenters. The molecule has 0 aliphatic rings. The molecule has 0 spiro atoms. The summed E-state index contributed by atoms with van der Waals surface area (Å²) in [5.41, 5.74) is 5.06. The molecule has 0 aromatic heterocycles. The Morgan fingerprint density at radius 1 is 0.756 bits per heavy atom. The molecule has 0 aliphatic heterocycles. The molecule has 0 aliphatic carbocycles. The van der Waals surface area contributed by atoms with Crippen LogP contribution in [0.3, 0.4) is 0 Å². The monoisotopic (exact) mass is 636 g/mol. The largest absolute Gasteiger partial charge is 0.506 e. The van der Waals surface area contributed by atoms with Crippen molar-refractivity contribution in [2.24, 2.45) is 10.2 Å². The lowest BCUT2D eigenvalue weighted by molar-refractivity contribution is 0.0960. The number of carbonyl (C=O) groups is 1. The van der Waals surface area contributed by atoms with Crippen LogP contribution in [0.15, 0.2) is 97.7 Å². The van der Waals surface area contributed by atoms with Crippen molar-refractivity contribution in [3.05, 3.63) is 78.4 Å². The molecule has 0 radical (unpaired) electrons. The fourth-order valence-corrected chi connectivity index (χ4v) is 6.03. The van der Waals surface area contributed by atoms with Gasteiger partial charge in [-0.15, -0.1) is 10.2 Å². The second kappa shape index (κ2) is 11.1. The molecule has 0 saturated heterocycles. The zero-order valence-corrected chi connectivity index (χ0v) is 24.4. The van der Waals surface area contributed by atoms with Crippen LogP contribution in [0, 0.1) is 0 Å². The number of nitrogens with one attached hydrogen (secondary N) is 2. The highest BCUT2D eigenvalue weighted by Gasteiger charge is 2.20. The van der Waals surface area contributed by atoms with Gasteiger partial charge in [0, 0.05) is 34.0 Å². The van der Waals surface area contributed by atoms with E-state index < -0.39 is 34.6 Å². The Morgan fingerprint density at radius 2 is 1.34 bits per heavy atom. The summed E-state index contributed by atoms with van der Waals surface area (Å²) in [6, 6.07) is 16.3. The summed E-state index contributed by atoms with van der Waals surface area (Å²) < 4.78 is 71.5. The lowest BCUT2D eigenvalue weighted by atomic mass is 10.0. The maximum Gasteiger partial charge on any atom is 0.273 e. The van der Waals surface area contributed by atoms with Crippen LogP contribution in [0.2, 0.25) is 0 Å². The zero-order chi connectivity index (χ0) is 30.2. The first-order chi connectivity index (χ1) is 19.1. The number of anilines is 1. The molecule has 3 N–H and O–H groups in total. The summed E-state index contributed by atoms with van der Waals surface area (Å²) in [5.74, 6) is -1.15. The average Bonchev–Trinajstić information content (AvgIpc) is 2.90. The minimum absolute atomic E-state index is 0.104. The van der Waals surface area contributed by atoms with Gasteiger partial charge in [-0.25, -0.2) is 25.3 Å². The summed E-state index contributed by atoms with van der Waals surface area (Å²) in [6.07, 6.45) is 1.85. The summed E-state index contributed by atoms with van der Waals surface area (Å²) in [7, 11) is -6.23. The third kappa shape index (κ3) is 6.82. The SMILES string of the molecule is CS(=O)(=O)c1ccc(N=Nc2cc(C(=O)NNc3ccc(S(=O)(=O)Cl)cc3)c(O)c3ccccc23)c(S(C)(=O)=O)c1. The molecule has 1 amide bonds. The number of hydrogen-bond acceptors (Lipinski definition) is 11. The van der Waals surface area contributed by atoms with Crippen LogP contribution in [0.25, 0.3) is 10.8 Å². The van der Waals surface area contributed by atoms with Gasteiger partial charge in [-0.2, -0.15) is 0 Å². The topological polar surface area (TPSA) is 188 Å². The summed E-state index contributed by atoms with van der Waals surface area (Å²) >= 11 is 0. The van der Waals surface area contributed by atoms with E-state index in [1.165, 1.54) is 42.5 Å². The van der Waals surface area contributed by atoms with E-state index in [9.17, 15) is 35.2 Å². The van der Waals surface area contributed by atoms with Crippen molar-refractivity contribution in [3.8, 4) is 5.75 Å². The van der Waals surface area contributed by atoms with Crippen molar-refractivity contribution >= 4 is 73.1 Å². The molecular formula is C25H21ClN4O8S3. The number of rotatable bonds is 8. The van der Waals surface area contributed by atoms with E-state index in [4.69, 9.17) is 10.7 Å². The molecule has 0 fully saturated rings. The van der Waals surface area contributed by atoms with Gasteiger partial charge in [0.1, 0.15) is 11.4 Å². The van der Waals surface area contributed by atoms with Gasteiger partial charge in [0.15, 0.2) is 19.7 Å². The van der Waals surface area contributed by atoms with Crippen molar-refractivity contribution in [2.45, 2.75) is 14.7 Å². The van der Waals surface area contributed by atoms with Gasteiger partial charge in [0.25, 0.3) is 15.0 Å². The number of hydrogen-bond donors (Lipinski definition) is 3. The average molecular weight is 637 g/mol. The van der Waals surface area contributed by atoms with Gasteiger partial charge in [-0.05, 0) is 48.5 Å². The number of phenolic OH excluding ortho intramolecular Hbond substituents is 1. The van der Waals surface area contributed by atoms with Gasteiger partial charge >= 0.3 is 0 Å². The zero-order valence-electron chi connectivity index (χ0n) is 21.2. The molecule has 0 atom stereocenters.